The van der Waals surface area contributed by atoms with E-state index in [0.717, 1.165) is 52.4 Å². The molecule has 16 saturated carbocycles. The van der Waals surface area contributed by atoms with Crippen LogP contribution in [0.3, 0.4) is 0 Å². The molecule has 16 aliphatic carbocycles. The van der Waals surface area contributed by atoms with Gasteiger partial charge in [-0.15, -0.1) is 0 Å². The van der Waals surface area contributed by atoms with Crippen LogP contribution in [-0.2, 0) is 0 Å². The first-order chi connectivity index (χ1) is 68.8. The van der Waals surface area contributed by atoms with Gasteiger partial charge in [0.15, 0.2) is 0 Å². The van der Waals surface area contributed by atoms with Crippen LogP contribution in [0.15, 0.2) is 0 Å². The zero-order chi connectivity index (χ0) is 131. The summed E-state index contributed by atoms with van der Waals surface area (Å²) in [6, 6.07) is 0. The smallest absolute Gasteiger partial charge is 0.0309 e. The van der Waals surface area contributed by atoms with Crippen molar-refractivity contribution in [3.05, 3.63) is 0 Å². The predicted molar refractivity (Wildman–Crippen MR) is 374 cm³/mol. The molecule has 16 aliphatic rings. The number of hydrogen-bond donors (Lipinski definition) is 0. The van der Waals surface area contributed by atoms with Gasteiger partial charge in [-0.25, -0.2) is 0 Å². The minimum Gasteiger partial charge on any atom is -0.0622 e. The number of rotatable bonds is 7. The Bertz CT molecular complexity index is 5430. The Kier molecular flexibility index (Phi) is 6.28. The van der Waals surface area contributed by atoms with Gasteiger partial charge >= 0.3 is 0 Å². The minimum atomic E-state index is -4.39. The van der Waals surface area contributed by atoms with E-state index < -0.39 is 329 Å². The molecule has 16 rings (SSSR count). The molecule has 16 fully saturated rings. The standard InChI is InChI=1S/2C15H26.C15H28.C14H26.2C13H24/c1-14(2,3)10-15-7-11-4-12(8-15)6-13(5-11)9-15;1-15(2,3)9-14-12-5-10-4-11(7-12)8-13(14)6-10;1-13(2,3)10-12-9-11-7-8-15(12,6)14(11,4)5;1-14(2,3)8-7-11-9-12-5-4-6-13(12)10-11;1-10-7-13(9-12(2,3)4)6-5-11(10)8-13;1-9-7-10-5-6-11(9)12(10)8-13(2,3)4/h11-13H,4-10H2,1-3H3;10-14H,4-9H2,1-3H3;11-12H,7-10H2,1-6H3;11-13H,4-10H2,1-3H3;10-11H,5-9H2,1-4H3;9-12H,5-8H2,1-4H3/i4D2,5D2,6D2,7D2,8D2,9D2,10D2,11D,12D,13D;4D2,5D2,6D2,7D2,8D2,9D2,10D,11D,12D,13D,14D;4D3,5D3,6D3,7D2,8D2,9D2,10D2,11D,12D;;5D2,6D2,7D2,8D2,9D2,10D,11D;5D2,6D2,7D2,8D2,9D,10D,11D,12D. The highest BCUT2D eigenvalue weighted by Gasteiger charge is 2.61. The third-order valence-corrected chi connectivity index (χ3v) is 15.3. The summed E-state index contributed by atoms with van der Waals surface area (Å²) in [6.07, 6.45) is -84.1. The second-order valence-corrected chi connectivity index (χ2v) is 30.9. The van der Waals surface area contributed by atoms with Crippen LogP contribution in [0, 0.1) is 166 Å². The summed E-state index contributed by atoms with van der Waals surface area (Å²) in [7, 11) is 0. The molecule has 0 aromatic heterocycles. The topological polar surface area (TPSA) is 0 Å². The normalized spacial score (nSPS) is 85.5. The lowest BCUT2D eigenvalue weighted by molar-refractivity contribution is -0.0722. The molecule has 0 aromatic carbocycles. The molecule has 494 valence electrons. The molecule has 0 amide bonds. The van der Waals surface area contributed by atoms with Crippen LogP contribution in [0.4, 0.5) is 0 Å². The Morgan fingerprint density at radius 1 is 0.447 bits per heavy atom. The molecule has 0 N–H and O–H groups in total. The molecule has 0 heterocycles. The van der Waals surface area contributed by atoms with E-state index >= 15 is 0 Å². The van der Waals surface area contributed by atoms with Crippen LogP contribution in [0.2, 0.25) is 0 Å². The molecule has 0 heteroatoms. The largest absolute Gasteiger partial charge is 0.0622 e. The van der Waals surface area contributed by atoms with Crippen molar-refractivity contribution >= 4 is 0 Å². The second kappa shape index (κ2) is 25.7. The van der Waals surface area contributed by atoms with Crippen molar-refractivity contribution in [3.8, 4) is 0 Å². The van der Waals surface area contributed by atoms with E-state index in [1.54, 1.807) is 25.7 Å². The maximum atomic E-state index is 9.17. The van der Waals surface area contributed by atoms with Gasteiger partial charge in [0.25, 0.3) is 0 Å². The quantitative estimate of drug-likeness (QED) is 0.238. The summed E-state index contributed by atoms with van der Waals surface area (Å²) >= 11 is 0. The van der Waals surface area contributed by atoms with E-state index in [1.807, 2.05) is 0 Å². The summed E-state index contributed by atoms with van der Waals surface area (Å²) in [6.45, 7) is 14.6. The van der Waals surface area contributed by atoms with Crippen molar-refractivity contribution in [2.45, 2.75) is 370 Å². The summed E-state index contributed by atoms with van der Waals surface area (Å²) in [5.74, 6) is -54.6. The lowest BCUT2D eigenvalue weighted by atomic mass is 9.47. The zero-order valence-electron chi connectivity index (χ0n) is 131. The van der Waals surface area contributed by atoms with Crippen molar-refractivity contribution in [3.63, 3.8) is 0 Å². The van der Waals surface area contributed by atoms with Crippen molar-refractivity contribution in [1.82, 2.24) is 0 Å². The second-order valence-electron chi connectivity index (χ2n) is 30.9. The molecular weight excluding hydrogens is 1020 g/mol. The average molecular weight is 1250 g/mol. The van der Waals surface area contributed by atoms with Crippen LogP contribution in [0.5, 0.6) is 0 Å². The van der Waals surface area contributed by atoms with Gasteiger partial charge in [-0.3, -0.25) is 0 Å². The molecule has 0 aliphatic heterocycles. The van der Waals surface area contributed by atoms with Crippen LogP contribution >= 0.6 is 0 Å². The Morgan fingerprint density at radius 2 is 0.965 bits per heavy atom. The highest BCUT2D eigenvalue weighted by molar-refractivity contribution is 5.11. The van der Waals surface area contributed by atoms with Crippen LogP contribution in [0.25, 0.3) is 0 Å². The fraction of sp³-hybridized carbons (Fsp3) is 1.00. The molecule has 12 atom stereocenters. The van der Waals surface area contributed by atoms with Crippen molar-refractivity contribution in [2.75, 3.05) is 0 Å². The molecule has 14 bridgehead atoms. The third kappa shape index (κ3) is 17.8. The van der Waals surface area contributed by atoms with Crippen molar-refractivity contribution in [2.24, 2.45) is 166 Å². The van der Waals surface area contributed by atoms with E-state index in [0.29, 0.717) is 5.41 Å². The SMILES string of the molecule is CC(C)(C)CCC1CC2CCCC2C1.[2H]C([2H])([2H])C1(C([2H])([2H])[2H])C2([2H])C([2H])([2H])C([2H])([2H])C1(C([2H])([2H])[2H])C([2H])(C([2H])([2H])C(C)(C)C)C2([2H])[2H].[2H]C1([2H])C([2H])([2H])C2(C([2H])([2H])C(C)(C)C)C([2H])([2H])C([2H])(C)C1([2H])C2([2H])[2H].[2H]C1([2H])C([2H])([2H])C2([2H])C([2H])(C)C([2H])([2H])C1([2H])C2([2H])C([2H])([2H])C(C)(C)C.[2H]C1([2H])C2([2H])C([2H])([2H])C3([2H])C([2H])([2H])C1([2H])C([2H])([2H])C(C([2H])([2H])C(C)(C)C)(C2([2H])[2H])C3([2H])[2H].[2H]C1([2H])C2([2H])C([2H])([2H])C3([2H])C([2H])([2H])C1([2H])C([2H])([2H])C([2H])(C2([2H])[2H])C3([2H])C([2H])([2H])C(C)(C)C. The van der Waals surface area contributed by atoms with Gasteiger partial charge < -0.3 is 0 Å². The molecular formula is C85H154. The van der Waals surface area contributed by atoms with Gasteiger partial charge in [0.2, 0.25) is 0 Å². The number of fused-ring (bicyclic) bond motifs is 7. The molecule has 0 radical (unpaired) electrons. The Balaban J connectivity index is 0.000000217. The monoisotopic (exact) mass is 1250 g/mol. The first-order valence-corrected chi connectivity index (χ1v) is 30.3. The maximum absolute atomic E-state index is 9.17. The molecule has 0 saturated heterocycles. The van der Waals surface area contributed by atoms with Gasteiger partial charge in [0.05, 0.1) is 0 Å². The van der Waals surface area contributed by atoms with Crippen LogP contribution in [0.1, 0.15) is 475 Å². The zero-order valence-corrected chi connectivity index (χ0v) is 54.2. The van der Waals surface area contributed by atoms with Gasteiger partial charge in [-0.1, -0.05) is 178 Å². The van der Waals surface area contributed by atoms with Gasteiger partial charge in [-0.05, 0) is 358 Å². The van der Waals surface area contributed by atoms with Gasteiger partial charge in [-0.2, -0.15) is 0 Å². The fourth-order valence-electron chi connectivity index (χ4n) is 12.1. The Morgan fingerprint density at radius 3 is 1.45 bits per heavy atom. The van der Waals surface area contributed by atoms with Crippen LogP contribution < -0.4 is 0 Å². The lowest BCUT2D eigenvalue weighted by Gasteiger charge is -2.58. The highest BCUT2D eigenvalue weighted by atomic mass is 14.7. The molecule has 12 unspecified atom stereocenters. The maximum Gasteiger partial charge on any atom is 0.0309 e. The van der Waals surface area contributed by atoms with Gasteiger partial charge in [0, 0.05) is 106 Å². The van der Waals surface area contributed by atoms with Crippen molar-refractivity contribution in [1.29, 1.82) is 0 Å². The summed E-state index contributed by atoms with van der Waals surface area (Å²) < 4.78 is 656. The average Bonchev–Trinajstić information content (AvgIpc) is 1.05. The highest BCUT2D eigenvalue weighted by Crippen LogP contribution is 2.70. The number of hydrogen-bond acceptors (Lipinski definition) is 0. The fourth-order valence-corrected chi connectivity index (χ4v) is 12.1. The minimum absolute atomic E-state index is 0.553. The molecule has 0 aromatic rings. The van der Waals surface area contributed by atoms with E-state index in [2.05, 4.69) is 20.8 Å². The Labute approximate surface area is 643 Å². The van der Waals surface area contributed by atoms with Crippen molar-refractivity contribution < 1.29 is 106 Å². The van der Waals surface area contributed by atoms with E-state index in [-0.39, 0.29) is 0 Å². The van der Waals surface area contributed by atoms with E-state index in [9.17, 15) is 0 Å². The molecule has 0 spiro atoms. The van der Waals surface area contributed by atoms with Crippen LogP contribution in [-0.4, -0.2) is 0 Å². The predicted octanol–water partition coefficient (Wildman–Crippen LogP) is 27.0. The summed E-state index contributed by atoms with van der Waals surface area (Å²) in [4.78, 5) is 0. The summed E-state index contributed by atoms with van der Waals surface area (Å²) in [5.41, 5.74) is -23.7. The molecule has 85 heavy (non-hydrogen) atoms. The summed E-state index contributed by atoms with van der Waals surface area (Å²) in [5, 5.41) is 0. The molecule has 0 nitrogen and oxygen atoms in total. The Hall–Kier alpha value is 0. The van der Waals surface area contributed by atoms with E-state index in [4.69, 9.17) is 106 Å². The lowest BCUT2D eigenvalue weighted by Crippen LogP contribution is -2.47. The van der Waals surface area contributed by atoms with Gasteiger partial charge in [0.1, 0.15) is 0 Å². The third-order valence-electron chi connectivity index (χ3n) is 15.3. The first-order valence-electron chi connectivity index (χ1n) is 68.8. The first kappa shape index (κ1) is 20.8. The van der Waals surface area contributed by atoms with E-state index in [1.165, 1.54) is 102 Å².